The fraction of sp³-hybridized carbons (Fsp3) is 0.455. The number of carbonyl (C=O) groups is 2. The highest BCUT2D eigenvalue weighted by atomic mass is 32.1. The minimum Gasteiger partial charge on any atom is -0.468 e. The maximum absolute atomic E-state index is 11.9. The van der Waals surface area contributed by atoms with E-state index < -0.39 is 11.4 Å². The second-order valence-electron chi connectivity index (χ2n) is 3.65. The second-order valence-corrected chi connectivity index (χ2v) is 4.60. The van der Waals surface area contributed by atoms with Crippen molar-refractivity contribution in [1.29, 1.82) is 0 Å². The Kier molecular flexibility index (Phi) is 2.61. The van der Waals surface area contributed by atoms with Gasteiger partial charge in [0.25, 0.3) is 0 Å². The number of hydrogen-bond donors (Lipinski definition) is 0. The first kappa shape index (κ1) is 10.4. The number of hydrogen-bond acceptors (Lipinski definition) is 4. The average Bonchev–Trinajstić information content (AvgIpc) is 2.86. The third-order valence-electron chi connectivity index (χ3n) is 2.91. The van der Waals surface area contributed by atoms with Gasteiger partial charge in [0.2, 0.25) is 0 Å². The first-order valence-electron chi connectivity index (χ1n) is 4.87. The topological polar surface area (TPSA) is 43.4 Å². The van der Waals surface area contributed by atoms with E-state index in [2.05, 4.69) is 0 Å². The van der Waals surface area contributed by atoms with Crippen molar-refractivity contribution in [2.45, 2.75) is 24.7 Å². The van der Waals surface area contributed by atoms with E-state index in [-0.39, 0.29) is 5.78 Å². The minimum absolute atomic E-state index is 0.00296. The van der Waals surface area contributed by atoms with E-state index in [1.165, 1.54) is 18.4 Å². The zero-order valence-electron chi connectivity index (χ0n) is 8.49. The molecule has 1 atom stereocenters. The Morgan fingerprint density at radius 1 is 1.60 bits per heavy atom. The summed E-state index contributed by atoms with van der Waals surface area (Å²) >= 11 is 1.44. The number of methoxy groups -OCH3 is 1. The highest BCUT2D eigenvalue weighted by Gasteiger charge is 2.51. The van der Waals surface area contributed by atoms with Gasteiger partial charge < -0.3 is 4.74 Å². The fourth-order valence-corrected chi connectivity index (χ4v) is 3.10. The lowest BCUT2D eigenvalue weighted by Crippen LogP contribution is -2.40. The molecule has 1 saturated carbocycles. The van der Waals surface area contributed by atoms with Crippen molar-refractivity contribution >= 4 is 23.1 Å². The fourth-order valence-electron chi connectivity index (χ4n) is 2.14. The molecule has 0 saturated heterocycles. The van der Waals surface area contributed by atoms with Crippen LogP contribution in [-0.2, 0) is 19.7 Å². The van der Waals surface area contributed by atoms with Gasteiger partial charge in [-0.25, -0.2) is 0 Å². The Labute approximate surface area is 92.1 Å². The van der Waals surface area contributed by atoms with Gasteiger partial charge in [-0.1, -0.05) is 6.07 Å². The Bertz CT molecular complexity index is 383. The third-order valence-corrected chi connectivity index (χ3v) is 3.94. The maximum atomic E-state index is 11.9. The summed E-state index contributed by atoms with van der Waals surface area (Å²) in [6.45, 7) is 0. The molecule has 0 radical (unpaired) electrons. The molecule has 1 aliphatic carbocycles. The molecule has 4 heteroatoms. The van der Waals surface area contributed by atoms with E-state index in [0.717, 1.165) is 11.3 Å². The van der Waals surface area contributed by atoms with E-state index in [9.17, 15) is 9.59 Å². The Morgan fingerprint density at radius 2 is 2.40 bits per heavy atom. The van der Waals surface area contributed by atoms with Crippen LogP contribution in [0.2, 0.25) is 0 Å². The van der Waals surface area contributed by atoms with Crippen LogP contribution in [0.4, 0.5) is 0 Å². The summed E-state index contributed by atoms with van der Waals surface area (Å²) in [4.78, 5) is 24.5. The first-order valence-corrected chi connectivity index (χ1v) is 5.75. The van der Waals surface area contributed by atoms with Crippen molar-refractivity contribution in [3.63, 3.8) is 0 Å². The zero-order chi connectivity index (χ0) is 10.9. The number of thiophene rings is 1. The number of esters is 1. The molecule has 1 heterocycles. The van der Waals surface area contributed by atoms with E-state index in [1.807, 2.05) is 17.5 Å². The van der Waals surface area contributed by atoms with Crippen molar-refractivity contribution in [3.05, 3.63) is 22.4 Å². The molecular formula is C11H12O3S. The molecule has 0 bridgehead atoms. The summed E-state index contributed by atoms with van der Waals surface area (Å²) in [5, 5.41) is 1.88. The summed E-state index contributed by atoms with van der Waals surface area (Å²) in [5.41, 5.74) is -0.997. The van der Waals surface area contributed by atoms with Gasteiger partial charge in [0.05, 0.1) is 7.11 Å². The molecule has 0 N–H and O–H groups in total. The van der Waals surface area contributed by atoms with Crippen LogP contribution >= 0.6 is 11.3 Å². The highest BCUT2D eigenvalue weighted by molar-refractivity contribution is 7.10. The van der Waals surface area contributed by atoms with Gasteiger partial charge in [0.15, 0.2) is 11.2 Å². The molecule has 15 heavy (non-hydrogen) atoms. The van der Waals surface area contributed by atoms with Gasteiger partial charge >= 0.3 is 5.97 Å². The molecular weight excluding hydrogens is 212 g/mol. The van der Waals surface area contributed by atoms with Crippen molar-refractivity contribution in [1.82, 2.24) is 0 Å². The average molecular weight is 224 g/mol. The summed E-state index contributed by atoms with van der Waals surface area (Å²) < 4.78 is 4.78. The quantitative estimate of drug-likeness (QED) is 0.569. The van der Waals surface area contributed by atoms with Gasteiger partial charge in [-0.05, 0) is 24.3 Å². The predicted molar refractivity (Wildman–Crippen MR) is 56.9 cm³/mol. The van der Waals surface area contributed by atoms with E-state index in [4.69, 9.17) is 4.74 Å². The van der Waals surface area contributed by atoms with E-state index in [0.29, 0.717) is 12.8 Å². The highest BCUT2D eigenvalue weighted by Crippen LogP contribution is 2.41. The van der Waals surface area contributed by atoms with E-state index in [1.54, 1.807) is 0 Å². The summed E-state index contributed by atoms with van der Waals surface area (Å²) in [6.07, 6.45) is 1.83. The van der Waals surface area contributed by atoms with Crippen LogP contribution in [0.1, 0.15) is 24.1 Å². The van der Waals surface area contributed by atoms with Crippen LogP contribution in [-0.4, -0.2) is 18.9 Å². The summed E-state index contributed by atoms with van der Waals surface area (Å²) in [7, 11) is 1.34. The van der Waals surface area contributed by atoms with Gasteiger partial charge in [0.1, 0.15) is 0 Å². The van der Waals surface area contributed by atoms with Crippen molar-refractivity contribution < 1.29 is 14.3 Å². The molecule has 0 amide bonds. The molecule has 3 nitrogen and oxygen atoms in total. The molecule has 0 aromatic carbocycles. The minimum atomic E-state index is -0.997. The number of ketones is 1. The first-order chi connectivity index (χ1) is 7.21. The van der Waals surface area contributed by atoms with Gasteiger partial charge in [-0.2, -0.15) is 0 Å². The van der Waals surface area contributed by atoms with Crippen LogP contribution < -0.4 is 0 Å². The zero-order valence-corrected chi connectivity index (χ0v) is 9.30. The predicted octanol–water partition coefficient (Wildman–Crippen LogP) is 1.91. The van der Waals surface area contributed by atoms with Crippen molar-refractivity contribution in [2.24, 2.45) is 0 Å². The lowest BCUT2D eigenvalue weighted by Gasteiger charge is -2.22. The summed E-state index contributed by atoms with van der Waals surface area (Å²) in [6, 6.07) is 3.70. The van der Waals surface area contributed by atoms with Gasteiger partial charge in [-0.3, -0.25) is 9.59 Å². The Morgan fingerprint density at radius 3 is 2.87 bits per heavy atom. The Balaban J connectivity index is 2.49. The smallest absolute Gasteiger partial charge is 0.324 e. The van der Waals surface area contributed by atoms with Gasteiger partial charge in [0, 0.05) is 11.3 Å². The maximum Gasteiger partial charge on any atom is 0.324 e. The van der Waals surface area contributed by atoms with Crippen LogP contribution in [0.25, 0.3) is 0 Å². The van der Waals surface area contributed by atoms with Crippen LogP contribution in [0.15, 0.2) is 17.5 Å². The van der Waals surface area contributed by atoms with E-state index >= 15 is 0 Å². The monoisotopic (exact) mass is 224 g/mol. The lowest BCUT2D eigenvalue weighted by molar-refractivity contribution is -0.150. The van der Waals surface area contributed by atoms with Crippen molar-refractivity contribution in [2.75, 3.05) is 7.11 Å². The second kappa shape index (κ2) is 3.77. The number of ether oxygens (including phenoxy) is 1. The molecule has 1 fully saturated rings. The lowest BCUT2D eigenvalue weighted by atomic mass is 9.83. The van der Waals surface area contributed by atoms with Crippen molar-refractivity contribution in [3.8, 4) is 0 Å². The van der Waals surface area contributed by atoms with Crippen LogP contribution in [0.3, 0.4) is 0 Å². The van der Waals surface area contributed by atoms with Crippen LogP contribution in [0, 0.1) is 0 Å². The number of rotatable bonds is 2. The SMILES string of the molecule is COC(=O)[C@]1(c2cccs2)CCCC1=O. The molecule has 1 aliphatic rings. The Hall–Kier alpha value is -1.16. The normalized spacial score (nSPS) is 25.5. The third kappa shape index (κ3) is 1.40. The molecule has 0 spiro atoms. The molecule has 80 valence electrons. The van der Waals surface area contributed by atoms with Crippen LogP contribution in [0.5, 0.6) is 0 Å². The molecule has 0 unspecified atom stereocenters. The molecule has 2 rings (SSSR count). The standard InChI is InChI=1S/C11H12O3S/c1-14-10(13)11(6-2-4-8(11)12)9-5-3-7-15-9/h3,5,7H,2,4,6H2,1H3/t11-/m1/s1. The largest absolute Gasteiger partial charge is 0.468 e. The molecule has 1 aromatic rings. The molecule has 1 aromatic heterocycles. The number of carbonyl (C=O) groups excluding carboxylic acids is 2. The van der Waals surface area contributed by atoms with Gasteiger partial charge in [-0.15, -0.1) is 11.3 Å². The summed E-state index contributed by atoms with van der Waals surface area (Å²) in [5.74, 6) is -0.413. The number of Topliss-reactive ketones (excluding diaryl/α,β-unsaturated/α-hetero) is 1. The molecule has 0 aliphatic heterocycles.